The van der Waals surface area contributed by atoms with Crippen molar-refractivity contribution >= 4 is 18.1 Å². The first-order valence-electron chi connectivity index (χ1n) is 5.87. The first kappa shape index (κ1) is 14.2. The van der Waals surface area contributed by atoms with Crippen LogP contribution in [0.2, 0.25) is 0 Å². The molecule has 3 heteroatoms. The second kappa shape index (κ2) is 5.63. The third kappa shape index (κ3) is 2.67. The van der Waals surface area contributed by atoms with Gasteiger partial charge in [-0.25, -0.2) is 0 Å². The van der Waals surface area contributed by atoms with Crippen LogP contribution in [-0.2, 0) is 11.8 Å². The van der Waals surface area contributed by atoms with Gasteiger partial charge in [0.2, 0.25) is 0 Å². The minimum absolute atomic E-state index is 0.0837. The lowest BCUT2D eigenvalue weighted by atomic mass is 10.1. The van der Waals surface area contributed by atoms with Crippen molar-refractivity contribution in [3.63, 3.8) is 0 Å². The van der Waals surface area contributed by atoms with Crippen molar-refractivity contribution in [1.82, 2.24) is 4.57 Å². The molecule has 0 radical (unpaired) electrons. The van der Waals surface area contributed by atoms with E-state index in [4.69, 9.17) is 0 Å². The standard InChI is InChI=1S/C15H19NO2/c1-10(8-9-17)6-7-14-11(2)15(13(4)18)12(3)16(14)5/h6-9H,1-5H3/b7-6+,10-8+. The van der Waals surface area contributed by atoms with Gasteiger partial charge in [-0.2, -0.15) is 0 Å². The van der Waals surface area contributed by atoms with E-state index in [1.807, 2.05) is 44.5 Å². The highest BCUT2D eigenvalue weighted by atomic mass is 16.1. The van der Waals surface area contributed by atoms with Gasteiger partial charge in [0, 0.05) is 24.0 Å². The molecule has 0 saturated heterocycles. The Labute approximate surface area is 108 Å². The smallest absolute Gasteiger partial charge is 0.161 e. The second-order valence-corrected chi connectivity index (χ2v) is 4.47. The second-order valence-electron chi connectivity index (χ2n) is 4.47. The average molecular weight is 245 g/mol. The fourth-order valence-electron chi connectivity index (χ4n) is 2.13. The fraction of sp³-hybridized carbons (Fsp3) is 0.333. The maximum absolute atomic E-state index is 11.6. The number of carbonyl (C=O) groups is 2. The molecule has 0 fully saturated rings. The summed E-state index contributed by atoms with van der Waals surface area (Å²) in [5, 5.41) is 0. The number of hydrogen-bond acceptors (Lipinski definition) is 2. The van der Waals surface area contributed by atoms with E-state index in [0.29, 0.717) is 0 Å². The van der Waals surface area contributed by atoms with Crippen LogP contribution in [0.1, 0.15) is 41.2 Å². The molecule has 0 unspecified atom stereocenters. The van der Waals surface area contributed by atoms with E-state index in [9.17, 15) is 9.59 Å². The lowest BCUT2D eigenvalue weighted by Crippen LogP contribution is -1.97. The highest BCUT2D eigenvalue weighted by Gasteiger charge is 2.16. The zero-order chi connectivity index (χ0) is 13.9. The molecule has 0 bridgehead atoms. The predicted molar refractivity (Wildman–Crippen MR) is 73.7 cm³/mol. The lowest BCUT2D eigenvalue weighted by Gasteiger charge is -2.00. The van der Waals surface area contributed by atoms with Crippen LogP contribution >= 0.6 is 0 Å². The summed E-state index contributed by atoms with van der Waals surface area (Å²) in [5.74, 6) is 0.0837. The van der Waals surface area contributed by atoms with Gasteiger partial charge in [0.05, 0.1) is 0 Å². The normalized spacial score (nSPS) is 12.2. The number of rotatable bonds is 4. The summed E-state index contributed by atoms with van der Waals surface area (Å²) < 4.78 is 2.00. The highest BCUT2D eigenvalue weighted by molar-refractivity contribution is 5.97. The van der Waals surface area contributed by atoms with Crippen LogP contribution in [0.5, 0.6) is 0 Å². The summed E-state index contributed by atoms with van der Waals surface area (Å²) in [5.41, 5.74) is 4.62. The van der Waals surface area contributed by atoms with Crippen LogP contribution in [0, 0.1) is 13.8 Å². The molecule has 1 heterocycles. The Morgan fingerprint density at radius 3 is 2.28 bits per heavy atom. The van der Waals surface area contributed by atoms with Crippen molar-refractivity contribution in [3.05, 3.63) is 40.2 Å². The molecular weight excluding hydrogens is 226 g/mol. The Kier molecular flexibility index (Phi) is 4.43. The van der Waals surface area contributed by atoms with Gasteiger partial charge in [0.25, 0.3) is 0 Å². The van der Waals surface area contributed by atoms with Crippen LogP contribution in [0.25, 0.3) is 6.08 Å². The Hall–Kier alpha value is -1.90. The molecule has 0 aliphatic heterocycles. The predicted octanol–water partition coefficient (Wildman–Crippen LogP) is 3.00. The van der Waals surface area contributed by atoms with Crippen molar-refractivity contribution < 1.29 is 9.59 Å². The minimum Gasteiger partial charge on any atom is -0.347 e. The van der Waals surface area contributed by atoms with E-state index in [1.54, 1.807) is 6.92 Å². The molecule has 0 aromatic carbocycles. The van der Waals surface area contributed by atoms with Gasteiger partial charge >= 0.3 is 0 Å². The lowest BCUT2D eigenvalue weighted by molar-refractivity contribution is -0.104. The molecule has 0 amide bonds. The molecule has 0 spiro atoms. The largest absolute Gasteiger partial charge is 0.347 e. The molecule has 1 rings (SSSR count). The number of carbonyl (C=O) groups excluding carboxylic acids is 2. The minimum atomic E-state index is 0.0837. The van der Waals surface area contributed by atoms with Gasteiger partial charge in [0.15, 0.2) is 5.78 Å². The number of Topliss-reactive ketones (excluding diaryl/α,β-unsaturated/α-hetero) is 1. The molecular formula is C15H19NO2. The van der Waals surface area contributed by atoms with E-state index < -0.39 is 0 Å². The van der Waals surface area contributed by atoms with Crippen LogP contribution < -0.4 is 0 Å². The first-order valence-corrected chi connectivity index (χ1v) is 5.87. The summed E-state index contributed by atoms with van der Waals surface area (Å²) in [7, 11) is 1.94. The fourth-order valence-corrected chi connectivity index (χ4v) is 2.13. The molecule has 96 valence electrons. The van der Waals surface area contributed by atoms with E-state index in [-0.39, 0.29) is 5.78 Å². The summed E-state index contributed by atoms with van der Waals surface area (Å²) >= 11 is 0. The van der Waals surface area contributed by atoms with Crippen LogP contribution in [0.15, 0.2) is 17.7 Å². The van der Waals surface area contributed by atoms with Crippen molar-refractivity contribution in [2.75, 3.05) is 0 Å². The molecule has 3 nitrogen and oxygen atoms in total. The molecule has 0 saturated carbocycles. The van der Waals surface area contributed by atoms with E-state index in [0.717, 1.165) is 34.4 Å². The van der Waals surface area contributed by atoms with Crippen LogP contribution in [0.3, 0.4) is 0 Å². The van der Waals surface area contributed by atoms with E-state index in [1.165, 1.54) is 6.08 Å². The van der Waals surface area contributed by atoms with Crippen molar-refractivity contribution in [2.45, 2.75) is 27.7 Å². The Morgan fingerprint density at radius 1 is 1.22 bits per heavy atom. The van der Waals surface area contributed by atoms with Gasteiger partial charge in [-0.15, -0.1) is 0 Å². The van der Waals surface area contributed by atoms with Crippen molar-refractivity contribution in [1.29, 1.82) is 0 Å². The maximum Gasteiger partial charge on any atom is 0.161 e. The molecule has 18 heavy (non-hydrogen) atoms. The average Bonchev–Trinajstić information content (AvgIpc) is 2.48. The summed E-state index contributed by atoms with van der Waals surface area (Å²) in [6, 6.07) is 0. The van der Waals surface area contributed by atoms with Gasteiger partial charge in [-0.3, -0.25) is 9.59 Å². The van der Waals surface area contributed by atoms with Gasteiger partial charge in [-0.1, -0.05) is 6.08 Å². The Bertz CT molecular complexity index is 545. The van der Waals surface area contributed by atoms with Crippen LogP contribution in [-0.4, -0.2) is 16.6 Å². The number of ketones is 1. The van der Waals surface area contributed by atoms with Gasteiger partial charge < -0.3 is 4.57 Å². The molecule has 0 aliphatic carbocycles. The van der Waals surface area contributed by atoms with Crippen molar-refractivity contribution in [3.8, 4) is 0 Å². The van der Waals surface area contributed by atoms with Gasteiger partial charge in [0.1, 0.15) is 6.29 Å². The summed E-state index contributed by atoms with van der Waals surface area (Å²) in [6.07, 6.45) is 6.08. The topological polar surface area (TPSA) is 39.1 Å². The van der Waals surface area contributed by atoms with E-state index in [2.05, 4.69) is 0 Å². The third-order valence-corrected chi connectivity index (χ3v) is 3.17. The number of allylic oxidation sites excluding steroid dienone is 3. The van der Waals surface area contributed by atoms with Crippen LogP contribution in [0.4, 0.5) is 0 Å². The Morgan fingerprint density at radius 2 is 1.83 bits per heavy atom. The Balaban J connectivity index is 3.27. The van der Waals surface area contributed by atoms with Crippen molar-refractivity contribution in [2.24, 2.45) is 7.05 Å². The monoisotopic (exact) mass is 245 g/mol. The first-order chi connectivity index (χ1) is 8.40. The molecule has 0 aliphatic rings. The molecule has 0 N–H and O–H groups in total. The van der Waals surface area contributed by atoms with Gasteiger partial charge in [-0.05, 0) is 51.0 Å². The molecule has 1 aromatic rings. The highest BCUT2D eigenvalue weighted by Crippen LogP contribution is 2.23. The maximum atomic E-state index is 11.6. The number of hydrogen-bond donors (Lipinski definition) is 0. The number of aromatic nitrogens is 1. The zero-order valence-electron chi connectivity index (χ0n) is 11.6. The molecule has 0 atom stereocenters. The van der Waals surface area contributed by atoms with E-state index >= 15 is 0 Å². The summed E-state index contributed by atoms with van der Waals surface area (Å²) in [4.78, 5) is 21.9. The quantitative estimate of drug-likeness (QED) is 0.354. The number of aldehydes is 1. The zero-order valence-corrected chi connectivity index (χ0v) is 11.6. The summed E-state index contributed by atoms with van der Waals surface area (Å²) in [6.45, 7) is 7.33. The SMILES string of the molecule is CC(=O)c1c(C)c(/C=C/C(C)=C/C=O)n(C)c1C. The molecule has 1 aromatic heterocycles. The number of nitrogens with zero attached hydrogens (tertiary/aromatic N) is 1. The third-order valence-electron chi connectivity index (χ3n) is 3.17.